The van der Waals surface area contributed by atoms with Crippen molar-refractivity contribution in [2.45, 2.75) is 13.5 Å². The van der Waals surface area contributed by atoms with Crippen LogP contribution in [0.25, 0.3) is 21.8 Å². The Balaban J connectivity index is 2.58. The topological polar surface area (TPSA) is 3.88 Å². The van der Waals surface area contributed by atoms with Crippen molar-refractivity contribution in [1.29, 1.82) is 0 Å². The second kappa shape index (κ2) is 4.26. The van der Waals surface area contributed by atoms with Gasteiger partial charge in [0.2, 0.25) is 11.0 Å². The predicted molar refractivity (Wildman–Crippen MR) is 76.6 cm³/mol. The molecule has 3 rings (SSSR count). The van der Waals surface area contributed by atoms with Gasteiger partial charge in [0.15, 0.2) is 6.54 Å². The molecular formula is C17H16N+. The quantitative estimate of drug-likeness (QED) is 0.361. The van der Waals surface area contributed by atoms with Gasteiger partial charge in [-0.2, -0.15) is 4.57 Å². The van der Waals surface area contributed by atoms with Gasteiger partial charge in [-0.1, -0.05) is 30.8 Å². The van der Waals surface area contributed by atoms with Crippen LogP contribution in [-0.2, 0) is 6.54 Å². The summed E-state index contributed by atoms with van der Waals surface area (Å²) in [6.45, 7) is 6.90. The number of benzene rings is 2. The number of aryl methyl sites for hydroxylation is 1. The van der Waals surface area contributed by atoms with Crippen molar-refractivity contribution >= 4 is 21.8 Å². The molecule has 0 spiro atoms. The van der Waals surface area contributed by atoms with Crippen molar-refractivity contribution in [2.24, 2.45) is 0 Å². The van der Waals surface area contributed by atoms with E-state index in [0.29, 0.717) is 0 Å². The van der Waals surface area contributed by atoms with Gasteiger partial charge in [-0.25, -0.2) is 0 Å². The minimum absolute atomic E-state index is 0.835. The lowest BCUT2D eigenvalue weighted by Gasteiger charge is -2.07. The number of aromatic nitrogens is 1. The van der Waals surface area contributed by atoms with Crippen LogP contribution in [0.3, 0.4) is 0 Å². The highest BCUT2D eigenvalue weighted by Gasteiger charge is 2.16. The summed E-state index contributed by atoms with van der Waals surface area (Å²) in [5.74, 6) is 0. The monoisotopic (exact) mass is 234 g/mol. The van der Waals surface area contributed by atoms with Crippen LogP contribution in [0.5, 0.6) is 0 Å². The molecule has 2 aromatic carbocycles. The standard InChI is InChI=1S/C17H16N/c1-3-12-18-16-10-6-4-8-14(16)13(2)15-9-5-7-11-17(15)18/h3-11H,1,12H2,2H3/q+1. The average molecular weight is 234 g/mol. The number of hydrogen-bond donors (Lipinski definition) is 0. The zero-order valence-corrected chi connectivity index (χ0v) is 10.6. The summed E-state index contributed by atoms with van der Waals surface area (Å²) in [6, 6.07) is 17.1. The van der Waals surface area contributed by atoms with E-state index in [1.807, 2.05) is 6.08 Å². The Hall–Kier alpha value is -2.15. The lowest BCUT2D eigenvalue weighted by Crippen LogP contribution is -2.35. The van der Waals surface area contributed by atoms with Crippen LogP contribution in [0.2, 0.25) is 0 Å². The number of rotatable bonds is 2. The molecule has 0 fully saturated rings. The van der Waals surface area contributed by atoms with Crippen molar-refractivity contribution in [3.8, 4) is 0 Å². The summed E-state index contributed by atoms with van der Waals surface area (Å²) in [7, 11) is 0. The SMILES string of the molecule is C=CC[n+]1c2ccccc2c(C)c2ccccc21. The minimum atomic E-state index is 0.835. The van der Waals surface area contributed by atoms with Crippen LogP contribution in [0.15, 0.2) is 61.2 Å². The van der Waals surface area contributed by atoms with E-state index < -0.39 is 0 Å². The summed E-state index contributed by atoms with van der Waals surface area (Å²) < 4.78 is 2.32. The molecule has 0 N–H and O–H groups in total. The van der Waals surface area contributed by atoms with Gasteiger partial charge in [0.1, 0.15) is 0 Å². The van der Waals surface area contributed by atoms with E-state index in [9.17, 15) is 0 Å². The van der Waals surface area contributed by atoms with Gasteiger partial charge in [0, 0.05) is 22.9 Å². The van der Waals surface area contributed by atoms with Crippen molar-refractivity contribution in [2.75, 3.05) is 0 Å². The van der Waals surface area contributed by atoms with E-state index in [4.69, 9.17) is 0 Å². The number of pyridine rings is 1. The maximum Gasteiger partial charge on any atom is 0.213 e. The highest BCUT2D eigenvalue weighted by Crippen LogP contribution is 2.23. The molecule has 0 aliphatic heterocycles. The van der Waals surface area contributed by atoms with E-state index in [1.165, 1.54) is 27.4 Å². The first-order chi connectivity index (χ1) is 8.83. The molecule has 0 saturated heterocycles. The maximum atomic E-state index is 3.87. The highest BCUT2D eigenvalue weighted by atomic mass is 15.0. The normalized spacial score (nSPS) is 10.9. The fourth-order valence-electron chi connectivity index (χ4n) is 2.65. The molecule has 18 heavy (non-hydrogen) atoms. The van der Waals surface area contributed by atoms with Gasteiger partial charge in [0.25, 0.3) is 0 Å². The summed E-state index contributed by atoms with van der Waals surface area (Å²) in [5, 5.41) is 2.64. The lowest BCUT2D eigenvalue weighted by atomic mass is 10.0. The maximum absolute atomic E-state index is 3.87. The Morgan fingerprint density at radius 2 is 1.44 bits per heavy atom. The van der Waals surface area contributed by atoms with E-state index in [0.717, 1.165) is 6.54 Å². The first-order valence-electron chi connectivity index (χ1n) is 6.23. The zero-order chi connectivity index (χ0) is 12.5. The Morgan fingerprint density at radius 3 is 1.94 bits per heavy atom. The molecule has 0 aliphatic rings. The second-order valence-electron chi connectivity index (χ2n) is 4.56. The predicted octanol–water partition coefficient (Wildman–Crippen LogP) is 3.77. The summed E-state index contributed by atoms with van der Waals surface area (Å²) in [4.78, 5) is 0. The number of para-hydroxylation sites is 2. The van der Waals surface area contributed by atoms with Crippen molar-refractivity contribution in [3.05, 3.63) is 66.7 Å². The van der Waals surface area contributed by atoms with Gasteiger partial charge in [-0.05, 0) is 30.7 Å². The van der Waals surface area contributed by atoms with Crippen LogP contribution in [0.4, 0.5) is 0 Å². The van der Waals surface area contributed by atoms with Crippen LogP contribution in [0.1, 0.15) is 5.56 Å². The number of nitrogens with zero attached hydrogens (tertiary/aromatic N) is 1. The molecule has 0 bridgehead atoms. The molecule has 0 atom stereocenters. The largest absolute Gasteiger partial charge is 0.213 e. The van der Waals surface area contributed by atoms with Gasteiger partial charge in [0.05, 0.1) is 0 Å². The Morgan fingerprint density at radius 1 is 0.944 bits per heavy atom. The number of hydrogen-bond acceptors (Lipinski definition) is 0. The molecular weight excluding hydrogens is 218 g/mol. The van der Waals surface area contributed by atoms with Crippen LogP contribution >= 0.6 is 0 Å². The lowest BCUT2D eigenvalue weighted by molar-refractivity contribution is -0.634. The number of fused-ring (bicyclic) bond motifs is 2. The molecule has 0 unspecified atom stereocenters. The highest BCUT2D eigenvalue weighted by molar-refractivity contribution is 5.93. The van der Waals surface area contributed by atoms with Crippen LogP contribution < -0.4 is 4.57 Å². The molecule has 0 radical (unpaired) electrons. The van der Waals surface area contributed by atoms with E-state index in [2.05, 4.69) is 66.6 Å². The molecule has 0 saturated carbocycles. The summed E-state index contributed by atoms with van der Waals surface area (Å²) in [6.07, 6.45) is 1.95. The van der Waals surface area contributed by atoms with Crippen LogP contribution in [-0.4, -0.2) is 0 Å². The smallest absolute Gasteiger partial charge is 0.188 e. The third kappa shape index (κ3) is 1.52. The zero-order valence-electron chi connectivity index (χ0n) is 10.6. The Labute approximate surface area is 107 Å². The van der Waals surface area contributed by atoms with E-state index in [-0.39, 0.29) is 0 Å². The Kier molecular flexibility index (Phi) is 2.60. The minimum Gasteiger partial charge on any atom is -0.188 e. The van der Waals surface area contributed by atoms with Crippen LogP contribution in [0, 0.1) is 6.92 Å². The summed E-state index contributed by atoms with van der Waals surface area (Å²) in [5.41, 5.74) is 3.89. The number of allylic oxidation sites excluding steroid dienone is 1. The Bertz CT molecular complexity index is 684. The fourth-order valence-corrected chi connectivity index (χ4v) is 2.65. The van der Waals surface area contributed by atoms with Crippen molar-refractivity contribution in [3.63, 3.8) is 0 Å². The van der Waals surface area contributed by atoms with Gasteiger partial charge < -0.3 is 0 Å². The molecule has 88 valence electrons. The molecule has 1 heteroatoms. The molecule has 0 amide bonds. The molecule has 3 aromatic rings. The van der Waals surface area contributed by atoms with Crippen molar-refractivity contribution in [1.82, 2.24) is 0 Å². The van der Waals surface area contributed by atoms with Gasteiger partial charge in [-0.15, -0.1) is 0 Å². The average Bonchev–Trinajstić information content (AvgIpc) is 2.43. The molecule has 0 aliphatic carbocycles. The third-order valence-electron chi connectivity index (χ3n) is 3.51. The van der Waals surface area contributed by atoms with Gasteiger partial charge >= 0.3 is 0 Å². The third-order valence-corrected chi connectivity index (χ3v) is 3.51. The van der Waals surface area contributed by atoms with Gasteiger partial charge in [-0.3, -0.25) is 0 Å². The van der Waals surface area contributed by atoms with E-state index >= 15 is 0 Å². The summed E-state index contributed by atoms with van der Waals surface area (Å²) >= 11 is 0. The molecule has 1 nitrogen and oxygen atoms in total. The molecule has 1 heterocycles. The second-order valence-corrected chi connectivity index (χ2v) is 4.56. The first kappa shape index (κ1) is 11.0. The fraction of sp³-hybridized carbons (Fsp3) is 0.118. The van der Waals surface area contributed by atoms with E-state index in [1.54, 1.807) is 0 Å². The van der Waals surface area contributed by atoms with Crippen molar-refractivity contribution < 1.29 is 4.57 Å². The first-order valence-corrected chi connectivity index (χ1v) is 6.23. The molecule has 1 aromatic heterocycles.